The van der Waals surface area contributed by atoms with Crippen LogP contribution in [0.1, 0.15) is 15.9 Å². The van der Waals surface area contributed by atoms with Crippen LogP contribution in [0.4, 0.5) is 11.4 Å². The Morgan fingerprint density at radius 2 is 1.57 bits per heavy atom. The summed E-state index contributed by atoms with van der Waals surface area (Å²) in [4.78, 5) is 40.6. The summed E-state index contributed by atoms with van der Waals surface area (Å²) in [6, 6.07) is 16.3. The van der Waals surface area contributed by atoms with Gasteiger partial charge in [0, 0.05) is 23.1 Å². The molecule has 0 unspecified atom stereocenters. The third-order valence-corrected chi connectivity index (χ3v) is 4.07. The summed E-state index contributed by atoms with van der Waals surface area (Å²) in [6.07, 6.45) is 4.52. The Hall–Kier alpha value is -4.04. The van der Waals surface area contributed by atoms with Crippen LogP contribution in [0.2, 0.25) is 5.02 Å². The van der Waals surface area contributed by atoms with Gasteiger partial charge in [-0.05, 0) is 54.1 Å². The van der Waals surface area contributed by atoms with Crippen molar-refractivity contribution in [3.05, 3.63) is 89.2 Å². The normalized spacial score (nSPS) is 10.4. The van der Waals surface area contributed by atoms with Crippen LogP contribution in [0.25, 0.3) is 0 Å². The number of rotatable bonds is 5. The van der Waals surface area contributed by atoms with E-state index in [-0.39, 0.29) is 11.3 Å². The number of anilines is 2. The van der Waals surface area contributed by atoms with Gasteiger partial charge in [-0.1, -0.05) is 23.7 Å². The number of amides is 3. The van der Waals surface area contributed by atoms with Crippen molar-refractivity contribution in [1.82, 2.24) is 10.4 Å². The van der Waals surface area contributed by atoms with Gasteiger partial charge < -0.3 is 10.6 Å². The van der Waals surface area contributed by atoms with E-state index >= 15 is 0 Å². The molecule has 0 aliphatic heterocycles. The van der Waals surface area contributed by atoms with Crippen LogP contribution >= 0.6 is 11.6 Å². The van der Waals surface area contributed by atoms with Crippen molar-refractivity contribution in [2.45, 2.75) is 0 Å². The van der Waals surface area contributed by atoms with Crippen LogP contribution in [0.5, 0.6) is 0 Å². The highest BCUT2D eigenvalue weighted by molar-refractivity contribution is 6.40. The molecule has 0 bridgehead atoms. The molecule has 1 aromatic heterocycles. The molecule has 0 radical (unpaired) electrons. The van der Waals surface area contributed by atoms with Gasteiger partial charge in [0.05, 0.1) is 17.5 Å². The summed E-state index contributed by atoms with van der Waals surface area (Å²) in [5.41, 5.74) is 3.74. The zero-order chi connectivity index (χ0) is 21.3. The molecule has 0 spiro atoms. The first-order valence-electron chi connectivity index (χ1n) is 8.73. The van der Waals surface area contributed by atoms with E-state index in [4.69, 9.17) is 11.6 Å². The lowest BCUT2D eigenvalue weighted by atomic mass is 10.1. The summed E-state index contributed by atoms with van der Waals surface area (Å²) in [7, 11) is 0. The fourth-order valence-corrected chi connectivity index (χ4v) is 2.49. The smallest absolute Gasteiger partial charge is 0.322 e. The molecule has 3 N–H and O–H groups in total. The molecule has 1 heterocycles. The van der Waals surface area contributed by atoms with Crippen molar-refractivity contribution in [1.29, 1.82) is 0 Å². The van der Waals surface area contributed by atoms with E-state index < -0.39 is 17.7 Å². The van der Waals surface area contributed by atoms with Crippen LogP contribution in [-0.4, -0.2) is 28.9 Å². The monoisotopic (exact) mass is 421 g/mol. The highest BCUT2D eigenvalue weighted by atomic mass is 35.5. The minimum atomic E-state index is -0.979. The van der Waals surface area contributed by atoms with Crippen molar-refractivity contribution in [2.75, 3.05) is 10.6 Å². The molecule has 2 aromatic carbocycles. The van der Waals surface area contributed by atoms with Crippen LogP contribution in [0.3, 0.4) is 0 Å². The standard InChI is InChI=1S/C21H16ClN5O3/c22-15-5-7-16(8-6-15)25-19(28)17-3-1-2-4-18(17)26-20(29)21(30)27-24-13-14-9-11-23-12-10-14/h1-13H,(H,25,28)(H,26,29)(H,27,30)/b24-13+. The fourth-order valence-electron chi connectivity index (χ4n) is 2.37. The molecule has 3 amide bonds. The van der Waals surface area contributed by atoms with Crippen molar-refractivity contribution in [3.8, 4) is 0 Å². The Bertz CT molecular complexity index is 1090. The molecular weight excluding hydrogens is 406 g/mol. The maximum atomic E-state index is 12.6. The van der Waals surface area contributed by atoms with Crippen molar-refractivity contribution < 1.29 is 14.4 Å². The number of carbonyl (C=O) groups is 3. The zero-order valence-corrected chi connectivity index (χ0v) is 16.3. The zero-order valence-electron chi connectivity index (χ0n) is 15.5. The van der Waals surface area contributed by atoms with E-state index in [0.29, 0.717) is 16.3 Å². The number of hydrazone groups is 1. The first kappa shape index (κ1) is 20.7. The van der Waals surface area contributed by atoms with E-state index in [1.807, 2.05) is 0 Å². The highest BCUT2D eigenvalue weighted by Gasteiger charge is 2.17. The molecule has 0 fully saturated rings. The third kappa shape index (κ3) is 5.73. The Balaban J connectivity index is 1.64. The molecule has 9 heteroatoms. The molecule has 0 atom stereocenters. The van der Waals surface area contributed by atoms with Gasteiger partial charge >= 0.3 is 11.8 Å². The first-order valence-corrected chi connectivity index (χ1v) is 9.11. The quantitative estimate of drug-likeness (QED) is 0.334. The molecule has 0 saturated heterocycles. The van der Waals surface area contributed by atoms with E-state index in [0.717, 1.165) is 0 Å². The van der Waals surface area contributed by atoms with Crippen molar-refractivity contribution >= 4 is 46.9 Å². The minimum absolute atomic E-state index is 0.183. The van der Waals surface area contributed by atoms with Gasteiger partial charge in [-0.25, -0.2) is 5.43 Å². The van der Waals surface area contributed by atoms with Gasteiger partial charge in [-0.3, -0.25) is 19.4 Å². The lowest BCUT2D eigenvalue weighted by Gasteiger charge is -2.11. The van der Waals surface area contributed by atoms with E-state index in [9.17, 15) is 14.4 Å². The summed E-state index contributed by atoms with van der Waals surface area (Å²) in [6.45, 7) is 0. The van der Waals surface area contributed by atoms with Gasteiger partial charge in [-0.15, -0.1) is 0 Å². The number of carbonyl (C=O) groups excluding carboxylic acids is 3. The molecule has 0 aliphatic carbocycles. The first-order chi connectivity index (χ1) is 14.5. The van der Waals surface area contributed by atoms with E-state index in [2.05, 4.69) is 26.1 Å². The van der Waals surface area contributed by atoms with Gasteiger partial charge in [0.2, 0.25) is 0 Å². The molecule has 0 saturated carbocycles. The third-order valence-electron chi connectivity index (χ3n) is 3.81. The average molecular weight is 422 g/mol. The predicted octanol–water partition coefficient (Wildman–Crippen LogP) is 3.08. The molecule has 0 aliphatic rings. The molecule has 150 valence electrons. The number of hydrogen-bond donors (Lipinski definition) is 3. The Morgan fingerprint density at radius 3 is 2.30 bits per heavy atom. The number of halogens is 1. The number of nitrogens with zero attached hydrogens (tertiary/aromatic N) is 2. The summed E-state index contributed by atoms with van der Waals surface area (Å²) in [5.74, 6) is -2.40. The van der Waals surface area contributed by atoms with Gasteiger partial charge in [0.15, 0.2) is 0 Å². The average Bonchev–Trinajstić information content (AvgIpc) is 2.76. The summed E-state index contributed by atoms with van der Waals surface area (Å²) < 4.78 is 0. The van der Waals surface area contributed by atoms with E-state index in [1.54, 1.807) is 60.9 Å². The predicted molar refractivity (Wildman–Crippen MR) is 114 cm³/mol. The number of pyridine rings is 1. The van der Waals surface area contributed by atoms with Gasteiger partial charge in [0.25, 0.3) is 5.91 Å². The van der Waals surface area contributed by atoms with Gasteiger partial charge in [-0.2, -0.15) is 5.10 Å². The second-order valence-corrected chi connectivity index (χ2v) is 6.38. The lowest BCUT2D eigenvalue weighted by molar-refractivity contribution is -0.136. The Labute approximate surface area is 177 Å². The molecule has 3 aromatic rings. The second-order valence-electron chi connectivity index (χ2n) is 5.94. The summed E-state index contributed by atoms with van der Waals surface area (Å²) >= 11 is 5.84. The maximum Gasteiger partial charge on any atom is 0.329 e. The molecule has 3 rings (SSSR count). The van der Waals surface area contributed by atoms with Crippen LogP contribution < -0.4 is 16.1 Å². The topological polar surface area (TPSA) is 113 Å². The molecule has 30 heavy (non-hydrogen) atoms. The second kappa shape index (κ2) is 9.94. The maximum absolute atomic E-state index is 12.6. The number of benzene rings is 2. The van der Waals surface area contributed by atoms with E-state index in [1.165, 1.54) is 18.3 Å². The van der Waals surface area contributed by atoms with Crippen LogP contribution in [0.15, 0.2) is 78.2 Å². The number of hydrogen-bond acceptors (Lipinski definition) is 5. The number of nitrogens with one attached hydrogen (secondary N) is 3. The SMILES string of the molecule is O=C(N/N=C/c1ccncc1)C(=O)Nc1ccccc1C(=O)Nc1ccc(Cl)cc1. The van der Waals surface area contributed by atoms with Crippen LogP contribution in [0, 0.1) is 0 Å². The highest BCUT2D eigenvalue weighted by Crippen LogP contribution is 2.19. The van der Waals surface area contributed by atoms with Gasteiger partial charge in [0.1, 0.15) is 0 Å². The number of para-hydroxylation sites is 1. The Kier molecular flexibility index (Phi) is 6.86. The molecule has 8 nitrogen and oxygen atoms in total. The fraction of sp³-hybridized carbons (Fsp3) is 0. The lowest BCUT2D eigenvalue weighted by Crippen LogP contribution is -2.33. The summed E-state index contributed by atoms with van der Waals surface area (Å²) in [5, 5.41) is 9.38. The van der Waals surface area contributed by atoms with Crippen molar-refractivity contribution in [3.63, 3.8) is 0 Å². The Morgan fingerprint density at radius 1 is 0.867 bits per heavy atom. The minimum Gasteiger partial charge on any atom is -0.322 e. The molecular formula is C21H16ClN5O3. The number of aromatic nitrogens is 1. The van der Waals surface area contributed by atoms with Crippen LogP contribution in [-0.2, 0) is 9.59 Å². The van der Waals surface area contributed by atoms with Crippen molar-refractivity contribution in [2.24, 2.45) is 5.10 Å². The largest absolute Gasteiger partial charge is 0.329 e.